The van der Waals surface area contributed by atoms with Crippen molar-refractivity contribution in [1.29, 1.82) is 0 Å². The molecule has 0 N–H and O–H groups in total. The molecule has 0 bridgehead atoms. The molecule has 0 radical (unpaired) electrons. The molecule has 12 aromatic rings. The molecule has 3 aromatic heterocycles. The van der Waals surface area contributed by atoms with Crippen LogP contribution in [0.15, 0.2) is 205 Å². The second kappa shape index (κ2) is 13.3. The van der Waals surface area contributed by atoms with Gasteiger partial charge >= 0.3 is 0 Å². The van der Waals surface area contributed by atoms with Crippen LogP contribution in [-0.2, 0) is 0 Å². The number of hydrogen-bond donors (Lipinski definition) is 0. The molecular weight excluding hydrogens is 743 g/mol. The van der Waals surface area contributed by atoms with Gasteiger partial charge in [0, 0.05) is 62.4 Å². The minimum absolute atomic E-state index is 0.895. The molecule has 0 amide bonds. The first-order valence-corrected chi connectivity index (χ1v) is 21.2. The second-order valence-electron chi connectivity index (χ2n) is 14.8. The molecule has 0 aliphatic carbocycles. The first kappa shape index (κ1) is 33.2. The number of fused-ring (bicyclic) bond motifs is 9. The predicted molar refractivity (Wildman–Crippen MR) is 250 cm³/mol. The van der Waals surface area contributed by atoms with Crippen LogP contribution in [0.4, 0.5) is 17.1 Å². The zero-order chi connectivity index (χ0) is 38.2. The molecular formula is C54H33NOS2. The van der Waals surface area contributed by atoms with Gasteiger partial charge in [0.15, 0.2) is 0 Å². The number of anilines is 3. The average molecular weight is 776 g/mol. The highest BCUT2D eigenvalue weighted by atomic mass is 32.1. The molecule has 0 unspecified atom stereocenters. The highest BCUT2D eigenvalue weighted by Gasteiger charge is 2.24. The van der Waals surface area contributed by atoms with Crippen LogP contribution in [-0.4, -0.2) is 0 Å². The highest BCUT2D eigenvalue weighted by molar-refractivity contribution is 7.26. The summed E-state index contributed by atoms with van der Waals surface area (Å²) >= 11 is 3.74. The maximum absolute atomic E-state index is 6.53. The SMILES string of the molecule is c1ccc(-c2cccc3c2oc2ccc(-c4ccc(N(c5cccc6sc7ccccc7c56)c5ccc(-c6ccccc6)c6sc7ccccc7c56)cc4)cc23)cc1. The lowest BCUT2D eigenvalue weighted by Gasteiger charge is -2.28. The Morgan fingerprint density at radius 2 is 0.966 bits per heavy atom. The third-order valence-electron chi connectivity index (χ3n) is 11.5. The molecule has 2 nitrogen and oxygen atoms in total. The summed E-state index contributed by atoms with van der Waals surface area (Å²) in [6.07, 6.45) is 0. The zero-order valence-electron chi connectivity index (χ0n) is 31.2. The van der Waals surface area contributed by atoms with Crippen LogP contribution in [0, 0.1) is 0 Å². The molecule has 58 heavy (non-hydrogen) atoms. The number of benzene rings is 9. The van der Waals surface area contributed by atoms with E-state index in [1.165, 1.54) is 62.8 Å². The Morgan fingerprint density at radius 3 is 1.74 bits per heavy atom. The van der Waals surface area contributed by atoms with Crippen molar-refractivity contribution in [2.75, 3.05) is 4.90 Å². The van der Waals surface area contributed by atoms with Gasteiger partial charge in [0.25, 0.3) is 0 Å². The fourth-order valence-electron chi connectivity index (χ4n) is 8.82. The van der Waals surface area contributed by atoms with Gasteiger partial charge in [-0.1, -0.05) is 146 Å². The first-order valence-electron chi connectivity index (χ1n) is 19.6. The van der Waals surface area contributed by atoms with Gasteiger partial charge in [-0.25, -0.2) is 0 Å². The standard InChI is InChI=1S/C54H33NOS2/c1-3-13-35(14-4-1)39-19-11-20-41-44-33-37(27-32-47(44)56-53(39)41)34-25-28-38(29-26-34)55(45-21-12-24-50-51(45)42-17-7-9-22-48(42)57-50)46-31-30-40(36-15-5-2-6-16-36)54-52(46)43-18-8-10-23-49(43)58-54/h1-33H. The van der Waals surface area contributed by atoms with Gasteiger partial charge < -0.3 is 9.32 Å². The largest absolute Gasteiger partial charge is 0.455 e. The third kappa shape index (κ3) is 5.23. The summed E-state index contributed by atoms with van der Waals surface area (Å²) in [6, 6.07) is 72.6. The summed E-state index contributed by atoms with van der Waals surface area (Å²) in [6.45, 7) is 0. The van der Waals surface area contributed by atoms with Crippen molar-refractivity contribution < 1.29 is 4.42 Å². The molecule has 0 fully saturated rings. The molecule has 0 spiro atoms. The van der Waals surface area contributed by atoms with Crippen molar-refractivity contribution in [2.45, 2.75) is 0 Å². The Balaban J connectivity index is 1.06. The molecule has 0 aliphatic rings. The van der Waals surface area contributed by atoms with E-state index in [0.29, 0.717) is 0 Å². The van der Waals surface area contributed by atoms with Crippen molar-refractivity contribution in [2.24, 2.45) is 0 Å². The van der Waals surface area contributed by atoms with E-state index in [9.17, 15) is 0 Å². The van der Waals surface area contributed by atoms with Crippen LogP contribution in [0.25, 0.3) is 95.7 Å². The molecule has 9 aromatic carbocycles. The lowest BCUT2D eigenvalue weighted by Crippen LogP contribution is -2.11. The molecule has 0 aliphatic heterocycles. The average Bonchev–Trinajstić information content (AvgIpc) is 3.99. The van der Waals surface area contributed by atoms with Crippen LogP contribution in [0.2, 0.25) is 0 Å². The molecule has 4 heteroatoms. The summed E-state index contributed by atoms with van der Waals surface area (Å²) in [7, 11) is 0. The van der Waals surface area contributed by atoms with Crippen LogP contribution in [0.1, 0.15) is 0 Å². The first-order chi connectivity index (χ1) is 28.8. The lowest BCUT2D eigenvalue weighted by molar-refractivity contribution is 0.670. The van der Waals surface area contributed by atoms with Crippen molar-refractivity contribution in [3.8, 4) is 33.4 Å². The summed E-state index contributed by atoms with van der Waals surface area (Å²) in [5.41, 5.74) is 12.3. The van der Waals surface area contributed by atoms with Crippen LogP contribution >= 0.6 is 22.7 Å². The molecule has 0 saturated carbocycles. The Labute approximate surface area is 343 Å². The Morgan fingerprint density at radius 1 is 0.362 bits per heavy atom. The van der Waals surface area contributed by atoms with Gasteiger partial charge in [0.1, 0.15) is 11.2 Å². The summed E-state index contributed by atoms with van der Waals surface area (Å²) < 4.78 is 11.7. The van der Waals surface area contributed by atoms with Crippen LogP contribution in [0.5, 0.6) is 0 Å². The molecule has 272 valence electrons. The van der Waals surface area contributed by atoms with E-state index in [4.69, 9.17) is 4.42 Å². The van der Waals surface area contributed by atoms with E-state index in [-0.39, 0.29) is 0 Å². The predicted octanol–water partition coefficient (Wildman–Crippen LogP) is 16.8. The fraction of sp³-hybridized carbons (Fsp3) is 0. The molecule has 0 atom stereocenters. The van der Waals surface area contributed by atoms with Crippen molar-refractivity contribution in [1.82, 2.24) is 0 Å². The number of thiophene rings is 2. The van der Waals surface area contributed by atoms with Crippen LogP contribution in [0.3, 0.4) is 0 Å². The Kier molecular flexibility index (Phi) is 7.62. The van der Waals surface area contributed by atoms with Gasteiger partial charge in [-0.05, 0) is 82.4 Å². The minimum Gasteiger partial charge on any atom is -0.455 e. The van der Waals surface area contributed by atoms with E-state index in [1.54, 1.807) is 0 Å². The Bertz CT molecular complexity index is 3500. The van der Waals surface area contributed by atoms with Crippen molar-refractivity contribution in [3.05, 3.63) is 200 Å². The van der Waals surface area contributed by atoms with Gasteiger partial charge in [0.2, 0.25) is 0 Å². The topological polar surface area (TPSA) is 16.4 Å². The number of rotatable bonds is 6. The monoisotopic (exact) mass is 775 g/mol. The second-order valence-corrected chi connectivity index (χ2v) is 16.9. The van der Waals surface area contributed by atoms with E-state index >= 15 is 0 Å². The highest BCUT2D eigenvalue weighted by Crippen LogP contribution is 2.51. The summed E-state index contributed by atoms with van der Waals surface area (Å²) in [5.74, 6) is 0. The summed E-state index contributed by atoms with van der Waals surface area (Å²) in [4.78, 5) is 2.50. The third-order valence-corrected chi connectivity index (χ3v) is 13.8. The number of para-hydroxylation sites is 1. The van der Waals surface area contributed by atoms with Gasteiger partial charge in [-0.3, -0.25) is 0 Å². The quantitative estimate of drug-likeness (QED) is 0.167. The summed E-state index contributed by atoms with van der Waals surface area (Å²) in [5, 5.41) is 7.35. The van der Waals surface area contributed by atoms with E-state index in [2.05, 4.69) is 205 Å². The number of nitrogens with zero attached hydrogens (tertiary/aromatic N) is 1. The maximum Gasteiger partial charge on any atom is 0.143 e. The van der Waals surface area contributed by atoms with E-state index < -0.39 is 0 Å². The number of hydrogen-bond acceptors (Lipinski definition) is 4. The normalized spacial score (nSPS) is 11.8. The smallest absolute Gasteiger partial charge is 0.143 e. The Hall–Kier alpha value is -6.98. The van der Waals surface area contributed by atoms with Gasteiger partial charge in [-0.15, -0.1) is 22.7 Å². The molecule has 0 saturated heterocycles. The van der Waals surface area contributed by atoms with E-state index in [0.717, 1.165) is 49.9 Å². The van der Waals surface area contributed by atoms with Gasteiger partial charge in [-0.2, -0.15) is 0 Å². The maximum atomic E-state index is 6.53. The minimum atomic E-state index is 0.895. The van der Waals surface area contributed by atoms with Crippen molar-refractivity contribution >= 4 is 102 Å². The van der Waals surface area contributed by atoms with Gasteiger partial charge in [0.05, 0.1) is 11.4 Å². The van der Waals surface area contributed by atoms with Crippen LogP contribution < -0.4 is 4.90 Å². The fourth-order valence-corrected chi connectivity index (χ4v) is 11.2. The molecule has 3 heterocycles. The zero-order valence-corrected chi connectivity index (χ0v) is 32.9. The lowest BCUT2D eigenvalue weighted by atomic mass is 9.98. The van der Waals surface area contributed by atoms with E-state index in [1.807, 2.05) is 22.7 Å². The number of furan rings is 1. The molecule has 12 rings (SSSR count). The van der Waals surface area contributed by atoms with Crippen molar-refractivity contribution in [3.63, 3.8) is 0 Å².